The van der Waals surface area contributed by atoms with E-state index in [2.05, 4.69) is 15.9 Å². The van der Waals surface area contributed by atoms with Gasteiger partial charge in [0.15, 0.2) is 5.78 Å². The van der Waals surface area contributed by atoms with Gasteiger partial charge in [-0.1, -0.05) is 22.0 Å². The number of phenols is 1. The monoisotopic (exact) mass is 368 g/mol. The molecule has 2 rings (SSSR count). The summed E-state index contributed by atoms with van der Waals surface area (Å²) in [6, 6.07) is 8.15. The normalized spacial score (nSPS) is 10.3. The van der Waals surface area contributed by atoms with Crippen LogP contribution in [0.15, 0.2) is 40.2 Å². The van der Waals surface area contributed by atoms with Gasteiger partial charge in [-0.25, -0.2) is 4.79 Å². The summed E-state index contributed by atoms with van der Waals surface area (Å²) in [4.78, 5) is 24.3. The molecule has 0 aliphatic heterocycles. The van der Waals surface area contributed by atoms with Crippen LogP contribution in [0.3, 0.4) is 0 Å². The third kappa shape index (κ3) is 4.41. The highest BCUT2D eigenvalue weighted by atomic mass is 79.9. The van der Waals surface area contributed by atoms with Crippen molar-refractivity contribution in [2.75, 3.05) is 6.61 Å². The van der Waals surface area contributed by atoms with Crippen LogP contribution in [0.1, 0.15) is 32.9 Å². The number of thiophene rings is 1. The molecule has 21 heavy (non-hydrogen) atoms. The Morgan fingerprint density at radius 1 is 1.29 bits per heavy atom. The molecule has 6 heteroatoms. The van der Waals surface area contributed by atoms with Gasteiger partial charge < -0.3 is 9.84 Å². The van der Waals surface area contributed by atoms with Gasteiger partial charge in [0.05, 0.1) is 11.5 Å². The van der Waals surface area contributed by atoms with Crippen LogP contribution in [-0.4, -0.2) is 23.5 Å². The molecule has 0 unspecified atom stereocenters. The lowest BCUT2D eigenvalue weighted by atomic mass is 10.2. The summed E-state index contributed by atoms with van der Waals surface area (Å²) in [7, 11) is 0. The van der Waals surface area contributed by atoms with E-state index in [0.29, 0.717) is 22.2 Å². The van der Waals surface area contributed by atoms with E-state index in [1.165, 1.54) is 23.5 Å². The highest BCUT2D eigenvalue weighted by Gasteiger charge is 2.13. The van der Waals surface area contributed by atoms with Crippen molar-refractivity contribution in [1.29, 1.82) is 0 Å². The predicted octanol–water partition coefficient (Wildman–Crippen LogP) is 4.04. The third-order valence-corrected chi connectivity index (χ3v) is 4.16. The van der Waals surface area contributed by atoms with E-state index in [1.807, 2.05) is 11.4 Å². The minimum absolute atomic E-state index is 0.0475. The zero-order chi connectivity index (χ0) is 15.2. The van der Waals surface area contributed by atoms with E-state index in [-0.39, 0.29) is 23.7 Å². The minimum Gasteiger partial charge on any atom is -0.507 e. The summed E-state index contributed by atoms with van der Waals surface area (Å²) in [5.41, 5.74) is 0.106. The Morgan fingerprint density at radius 2 is 2.10 bits per heavy atom. The molecule has 4 nitrogen and oxygen atoms in total. The molecule has 0 fully saturated rings. The first-order chi connectivity index (χ1) is 10.1. The van der Waals surface area contributed by atoms with Crippen LogP contribution in [-0.2, 0) is 4.74 Å². The van der Waals surface area contributed by atoms with Crippen molar-refractivity contribution < 1.29 is 19.4 Å². The van der Waals surface area contributed by atoms with Gasteiger partial charge in [0, 0.05) is 10.9 Å². The van der Waals surface area contributed by atoms with Crippen LogP contribution in [0.2, 0.25) is 0 Å². The molecule has 0 amide bonds. The number of carbonyl (C=O) groups excluding carboxylic acids is 2. The van der Waals surface area contributed by atoms with Crippen LogP contribution in [0.5, 0.6) is 5.75 Å². The van der Waals surface area contributed by atoms with Crippen molar-refractivity contribution in [3.8, 4) is 5.75 Å². The molecule has 1 heterocycles. The van der Waals surface area contributed by atoms with Gasteiger partial charge >= 0.3 is 5.97 Å². The standard InChI is InChI=1S/C15H13BrO4S/c16-10-5-6-12(17)11(9-10)15(19)20-7-1-3-13(18)14-4-2-8-21-14/h2,4-6,8-9,17H,1,3,7H2. The molecular formula is C15H13BrO4S. The number of halogens is 1. The molecule has 0 saturated heterocycles. The Kier molecular flexibility index (Phi) is 5.52. The SMILES string of the molecule is O=C(CCCOC(=O)c1cc(Br)ccc1O)c1cccs1. The maximum Gasteiger partial charge on any atom is 0.341 e. The molecule has 110 valence electrons. The number of aromatic hydroxyl groups is 1. The van der Waals surface area contributed by atoms with Crippen molar-refractivity contribution in [3.63, 3.8) is 0 Å². The highest BCUT2D eigenvalue weighted by molar-refractivity contribution is 9.10. The maximum atomic E-state index is 11.8. The Labute approximate surface area is 134 Å². The number of hydrogen-bond donors (Lipinski definition) is 1. The second kappa shape index (κ2) is 7.38. The van der Waals surface area contributed by atoms with Gasteiger partial charge in [0.1, 0.15) is 11.3 Å². The van der Waals surface area contributed by atoms with Crippen molar-refractivity contribution in [2.45, 2.75) is 12.8 Å². The summed E-state index contributed by atoms with van der Waals surface area (Å²) < 4.78 is 5.74. The molecule has 0 spiro atoms. The zero-order valence-electron chi connectivity index (χ0n) is 11.0. The summed E-state index contributed by atoms with van der Waals surface area (Å²) in [6.07, 6.45) is 0.787. The van der Waals surface area contributed by atoms with Crippen LogP contribution >= 0.6 is 27.3 Å². The lowest BCUT2D eigenvalue weighted by Crippen LogP contribution is -2.08. The van der Waals surface area contributed by atoms with E-state index in [0.717, 1.165) is 0 Å². The van der Waals surface area contributed by atoms with Gasteiger partial charge in [0.25, 0.3) is 0 Å². The quantitative estimate of drug-likeness (QED) is 0.474. The molecule has 0 bridgehead atoms. The number of esters is 1. The van der Waals surface area contributed by atoms with Crippen molar-refractivity contribution in [1.82, 2.24) is 0 Å². The number of carbonyl (C=O) groups is 2. The average Bonchev–Trinajstić information content (AvgIpc) is 3.00. The number of ether oxygens (including phenoxy) is 1. The van der Waals surface area contributed by atoms with E-state index in [1.54, 1.807) is 12.1 Å². The zero-order valence-corrected chi connectivity index (χ0v) is 13.4. The molecule has 0 aliphatic rings. The van der Waals surface area contributed by atoms with Crippen LogP contribution in [0.25, 0.3) is 0 Å². The molecule has 0 atom stereocenters. The van der Waals surface area contributed by atoms with E-state index < -0.39 is 5.97 Å². The number of hydrogen-bond acceptors (Lipinski definition) is 5. The number of benzene rings is 1. The van der Waals surface area contributed by atoms with E-state index in [9.17, 15) is 14.7 Å². The van der Waals surface area contributed by atoms with E-state index in [4.69, 9.17) is 4.74 Å². The van der Waals surface area contributed by atoms with Gasteiger partial charge in [-0.15, -0.1) is 11.3 Å². The first kappa shape index (κ1) is 15.7. The number of ketones is 1. The van der Waals surface area contributed by atoms with Gasteiger partial charge in [-0.3, -0.25) is 4.79 Å². The number of Topliss-reactive ketones (excluding diaryl/α,β-unsaturated/α-hetero) is 1. The Bertz CT molecular complexity index is 637. The number of rotatable bonds is 6. The first-order valence-corrected chi connectivity index (χ1v) is 7.97. The van der Waals surface area contributed by atoms with Gasteiger partial charge in [0.2, 0.25) is 0 Å². The first-order valence-electron chi connectivity index (χ1n) is 6.30. The Hall–Kier alpha value is -1.66. The molecule has 1 aromatic heterocycles. The average molecular weight is 369 g/mol. The molecule has 0 aliphatic carbocycles. The summed E-state index contributed by atoms with van der Waals surface area (Å²) in [5.74, 6) is -0.679. The summed E-state index contributed by atoms with van der Waals surface area (Å²) in [5, 5.41) is 11.5. The lowest BCUT2D eigenvalue weighted by molar-refractivity contribution is 0.0491. The summed E-state index contributed by atoms with van der Waals surface area (Å²) in [6.45, 7) is 0.141. The molecule has 1 aromatic carbocycles. The van der Waals surface area contributed by atoms with Crippen molar-refractivity contribution in [3.05, 3.63) is 50.6 Å². The fraction of sp³-hybridized carbons (Fsp3) is 0.200. The van der Waals surface area contributed by atoms with Crippen LogP contribution in [0, 0.1) is 0 Å². The number of phenolic OH excluding ortho intramolecular Hbond substituents is 1. The van der Waals surface area contributed by atoms with Gasteiger partial charge in [-0.05, 0) is 36.1 Å². The fourth-order valence-corrected chi connectivity index (χ4v) is 2.76. The molecule has 0 radical (unpaired) electrons. The topological polar surface area (TPSA) is 63.6 Å². The van der Waals surface area contributed by atoms with Crippen LogP contribution < -0.4 is 0 Å². The predicted molar refractivity (Wildman–Crippen MR) is 84.0 cm³/mol. The maximum absolute atomic E-state index is 11.8. The molecule has 1 N–H and O–H groups in total. The van der Waals surface area contributed by atoms with Crippen molar-refractivity contribution in [2.24, 2.45) is 0 Å². The third-order valence-electron chi connectivity index (χ3n) is 2.76. The van der Waals surface area contributed by atoms with Gasteiger partial charge in [-0.2, -0.15) is 0 Å². The second-order valence-corrected chi connectivity index (χ2v) is 6.16. The Balaban J connectivity index is 1.79. The highest BCUT2D eigenvalue weighted by Crippen LogP contribution is 2.22. The van der Waals surface area contributed by atoms with Crippen molar-refractivity contribution >= 4 is 39.0 Å². The minimum atomic E-state index is -0.600. The van der Waals surface area contributed by atoms with E-state index >= 15 is 0 Å². The fourth-order valence-electron chi connectivity index (χ4n) is 1.71. The molecular weight excluding hydrogens is 356 g/mol. The molecule has 0 saturated carbocycles. The molecule has 2 aromatic rings. The summed E-state index contributed by atoms with van der Waals surface area (Å²) >= 11 is 4.63. The second-order valence-electron chi connectivity index (χ2n) is 4.30. The lowest BCUT2D eigenvalue weighted by Gasteiger charge is -2.06. The smallest absolute Gasteiger partial charge is 0.341 e. The van der Waals surface area contributed by atoms with Crippen LogP contribution in [0.4, 0.5) is 0 Å². The largest absolute Gasteiger partial charge is 0.507 e. The Morgan fingerprint density at radius 3 is 2.81 bits per heavy atom.